The van der Waals surface area contributed by atoms with Crippen LogP contribution in [0, 0.1) is 5.92 Å². The van der Waals surface area contributed by atoms with E-state index in [9.17, 15) is 8.42 Å². The molecule has 0 saturated carbocycles. The Morgan fingerprint density at radius 1 is 1.19 bits per heavy atom. The van der Waals surface area contributed by atoms with E-state index >= 15 is 0 Å². The molecule has 0 spiro atoms. The fraction of sp³-hybridized carbons (Fsp3) is 0.368. The lowest BCUT2D eigenvalue weighted by Crippen LogP contribution is -2.25. The lowest BCUT2D eigenvalue weighted by Gasteiger charge is -2.28. The van der Waals surface area contributed by atoms with E-state index < -0.39 is 10.0 Å². The van der Waals surface area contributed by atoms with E-state index in [0.717, 1.165) is 36.5 Å². The normalized spacial score (nSPS) is 21.5. The molecular weight excluding hydrogens is 350 g/mol. The van der Waals surface area contributed by atoms with Crippen LogP contribution in [0.4, 0.5) is 17.1 Å². The Hall–Kier alpha value is -2.25. The first-order chi connectivity index (χ1) is 12.4. The van der Waals surface area contributed by atoms with Crippen molar-refractivity contribution in [2.24, 2.45) is 5.92 Å². The fourth-order valence-electron chi connectivity index (χ4n) is 3.59. The van der Waals surface area contributed by atoms with Gasteiger partial charge in [0.2, 0.25) is 0 Å². The van der Waals surface area contributed by atoms with E-state index in [4.69, 9.17) is 4.74 Å². The van der Waals surface area contributed by atoms with Crippen molar-refractivity contribution in [3.05, 3.63) is 48.0 Å². The smallest absolute Gasteiger partial charge is 0.261 e. The summed E-state index contributed by atoms with van der Waals surface area (Å²) in [5.74, 6) is 0.408. The predicted molar refractivity (Wildman–Crippen MR) is 103 cm³/mol. The second-order valence-corrected chi connectivity index (χ2v) is 8.70. The molecule has 1 saturated heterocycles. The van der Waals surface area contributed by atoms with Crippen LogP contribution in [0.3, 0.4) is 0 Å². The van der Waals surface area contributed by atoms with Gasteiger partial charge in [0.1, 0.15) is 0 Å². The quantitative estimate of drug-likeness (QED) is 0.862. The van der Waals surface area contributed by atoms with Crippen LogP contribution in [0.1, 0.15) is 18.1 Å². The first-order valence-electron chi connectivity index (χ1n) is 8.74. The molecule has 0 amide bonds. The lowest BCUT2D eigenvalue weighted by molar-refractivity contribution is 0.0911. The zero-order valence-electron chi connectivity index (χ0n) is 14.9. The van der Waals surface area contributed by atoms with Crippen LogP contribution in [-0.2, 0) is 14.8 Å². The molecule has 0 aliphatic carbocycles. The molecule has 26 heavy (non-hydrogen) atoms. The summed E-state index contributed by atoms with van der Waals surface area (Å²) in [6.07, 6.45) is 0.988. The van der Waals surface area contributed by atoms with E-state index in [0.29, 0.717) is 11.6 Å². The topological polar surface area (TPSA) is 70.7 Å². The third-order valence-corrected chi connectivity index (χ3v) is 6.40. The number of ether oxygens (including phenoxy) is 1. The summed E-state index contributed by atoms with van der Waals surface area (Å²) < 4.78 is 34.3. The third-order valence-electron chi connectivity index (χ3n) is 5.02. The lowest BCUT2D eigenvalue weighted by atomic mass is 9.91. The Morgan fingerprint density at radius 2 is 2.04 bits per heavy atom. The average Bonchev–Trinajstić information content (AvgIpc) is 3.10. The molecule has 0 radical (unpaired) electrons. The zero-order chi connectivity index (χ0) is 18.3. The highest BCUT2D eigenvalue weighted by molar-refractivity contribution is 7.92. The van der Waals surface area contributed by atoms with Crippen molar-refractivity contribution < 1.29 is 13.2 Å². The average molecular weight is 373 g/mol. The molecule has 6 nitrogen and oxygen atoms in total. The number of nitrogens with one attached hydrogen (secondary N) is 2. The molecule has 2 atom stereocenters. The summed E-state index contributed by atoms with van der Waals surface area (Å²) in [7, 11) is 0.168. The number of hydrogen-bond acceptors (Lipinski definition) is 5. The second kappa shape index (κ2) is 6.48. The molecule has 4 rings (SSSR count). The summed E-state index contributed by atoms with van der Waals surface area (Å²) in [5.41, 5.74) is 3.37. The summed E-state index contributed by atoms with van der Waals surface area (Å²) >= 11 is 0. The van der Waals surface area contributed by atoms with Crippen molar-refractivity contribution in [1.82, 2.24) is 0 Å². The van der Waals surface area contributed by atoms with E-state index in [1.807, 2.05) is 43.3 Å². The molecular formula is C19H23N3O3S. The Bertz CT molecular complexity index is 927. The molecule has 0 bridgehead atoms. The Kier molecular flexibility index (Phi) is 4.28. The second-order valence-electron chi connectivity index (χ2n) is 7.02. The highest BCUT2D eigenvalue weighted by Crippen LogP contribution is 2.42. The first kappa shape index (κ1) is 17.2. The molecule has 2 heterocycles. The van der Waals surface area contributed by atoms with Gasteiger partial charge in [0.25, 0.3) is 10.0 Å². The van der Waals surface area contributed by atoms with E-state index in [-0.39, 0.29) is 11.0 Å². The van der Waals surface area contributed by atoms with Crippen molar-refractivity contribution >= 4 is 27.1 Å². The molecule has 138 valence electrons. The van der Waals surface area contributed by atoms with Gasteiger partial charge in [-0.3, -0.25) is 4.72 Å². The Balaban J connectivity index is 1.64. The maximum Gasteiger partial charge on any atom is 0.261 e. The highest BCUT2D eigenvalue weighted by Gasteiger charge is 2.35. The van der Waals surface area contributed by atoms with Gasteiger partial charge in [-0.15, -0.1) is 0 Å². The molecule has 2 aliphatic heterocycles. The molecule has 1 fully saturated rings. The SMILES string of the molecule is CN(C)c1cccc(NS(=O)(=O)c2ccc3c(c2)C2OCC[C@H]2CN3)c1. The molecule has 2 aromatic rings. The number of rotatable bonds is 4. The van der Waals surface area contributed by atoms with Gasteiger partial charge >= 0.3 is 0 Å². The van der Waals surface area contributed by atoms with Crippen LogP contribution >= 0.6 is 0 Å². The zero-order valence-corrected chi connectivity index (χ0v) is 15.7. The van der Waals surface area contributed by atoms with Gasteiger partial charge in [-0.05, 0) is 42.8 Å². The summed E-state index contributed by atoms with van der Waals surface area (Å²) in [4.78, 5) is 2.18. The van der Waals surface area contributed by atoms with Crippen LogP contribution in [0.25, 0.3) is 0 Å². The maximum absolute atomic E-state index is 12.9. The standard InChI is InChI=1S/C19H23N3O3S/c1-22(2)15-5-3-4-14(10-15)21-26(23,24)16-6-7-18-17(11-16)19-13(12-20-18)8-9-25-19/h3-7,10-11,13,19-21H,8-9,12H2,1-2H3/t13-,19?/m0/s1. The van der Waals surface area contributed by atoms with Crippen LogP contribution in [0.5, 0.6) is 0 Å². The van der Waals surface area contributed by atoms with Gasteiger partial charge in [-0.1, -0.05) is 6.07 Å². The Labute approximate surface area is 154 Å². The van der Waals surface area contributed by atoms with Gasteiger partial charge in [0.05, 0.1) is 16.7 Å². The van der Waals surface area contributed by atoms with E-state index in [2.05, 4.69) is 10.0 Å². The molecule has 2 aromatic carbocycles. The van der Waals surface area contributed by atoms with Crippen molar-refractivity contribution in [2.75, 3.05) is 42.2 Å². The van der Waals surface area contributed by atoms with Crippen LogP contribution < -0.4 is 14.9 Å². The minimum atomic E-state index is -3.67. The third kappa shape index (κ3) is 3.12. The Morgan fingerprint density at radius 3 is 2.85 bits per heavy atom. The van der Waals surface area contributed by atoms with Gasteiger partial charge in [-0.2, -0.15) is 0 Å². The van der Waals surface area contributed by atoms with Crippen LogP contribution in [0.15, 0.2) is 47.4 Å². The number of anilines is 3. The van der Waals surface area contributed by atoms with Crippen molar-refractivity contribution in [3.8, 4) is 0 Å². The minimum Gasteiger partial charge on any atom is -0.384 e. The van der Waals surface area contributed by atoms with Crippen LogP contribution in [0.2, 0.25) is 0 Å². The van der Waals surface area contributed by atoms with Gasteiger partial charge in [0.15, 0.2) is 0 Å². The number of fused-ring (bicyclic) bond motifs is 3. The van der Waals surface area contributed by atoms with Gasteiger partial charge < -0.3 is 15.0 Å². The van der Waals surface area contributed by atoms with Crippen molar-refractivity contribution in [1.29, 1.82) is 0 Å². The molecule has 7 heteroatoms. The predicted octanol–water partition coefficient (Wildman–Crippen LogP) is 3.06. The van der Waals surface area contributed by atoms with E-state index in [1.54, 1.807) is 18.2 Å². The number of sulfonamides is 1. The van der Waals surface area contributed by atoms with Crippen molar-refractivity contribution in [3.63, 3.8) is 0 Å². The van der Waals surface area contributed by atoms with Crippen molar-refractivity contribution in [2.45, 2.75) is 17.4 Å². The maximum atomic E-state index is 12.9. The monoisotopic (exact) mass is 373 g/mol. The van der Waals surface area contributed by atoms with Gasteiger partial charge in [0, 0.05) is 50.1 Å². The van der Waals surface area contributed by atoms with Gasteiger partial charge in [-0.25, -0.2) is 8.42 Å². The summed E-state index contributed by atoms with van der Waals surface area (Å²) in [6, 6.07) is 12.5. The minimum absolute atomic E-state index is 0.0153. The number of hydrogen-bond donors (Lipinski definition) is 2. The first-order valence-corrected chi connectivity index (χ1v) is 10.2. The summed E-state index contributed by atoms with van der Waals surface area (Å²) in [5, 5.41) is 3.38. The molecule has 1 unspecified atom stereocenters. The number of nitrogens with zero attached hydrogens (tertiary/aromatic N) is 1. The van der Waals surface area contributed by atoms with E-state index in [1.165, 1.54) is 0 Å². The molecule has 2 N–H and O–H groups in total. The summed E-state index contributed by atoms with van der Waals surface area (Å²) in [6.45, 7) is 1.60. The highest BCUT2D eigenvalue weighted by atomic mass is 32.2. The largest absolute Gasteiger partial charge is 0.384 e. The molecule has 0 aromatic heterocycles. The van der Waals surface area contributed by atoms with Crippen LogP contribution in [-0.4, -0.2) is 35.7 Å². The molecule has 2 aliphatic rings. The fourth-order valence-corrected chi connectivity index (χ4v) is 4.68. The number of benzene rings is 2.